The Morgan fingerprint density at radius 2 is 1.88 bits per heavy atom. The normalized spacial score (nSPS) is 10.9. The maximum Gasteiger partial charge on any atom is 0.128 e. The largest absolute Gasteiger partial charge is 0.236 e. The first-order valence-corrected chi connectivity index (χ1v) is 6.18. The van der Waals surface area contributed by atoms with Crippen molar-refractivity contribution in [2.75, 3.05) is 0 Å². The van der Waals surface area contributed by atoms with E-state index >= 15 is 0 Å². The molecule has 84 valence electrons. The van der Waals surface area contributed by atoms with E-state index in [2.05, 4.69) is 4.98 Å². The summed E-state index contributed by atoms with van der Waals surface area (Å²) in [5.41, 5.74) is 2.48. The van der Waals surface area contributed by atoms with Gasteiger partial charge in [0, 0.05) is 11.6 Å². The minimum atomic E-state index is -0.192. The van der Waals surface area contributed by atoms with Crippen molar-refractivity contribution in [3.63, 3.8) is 0 Å². The van der Waals surface area contributed by atoms with E-state index in [1.807, 2.05) is 36.4 Å². The average molecular weight is 243 g/mol. The van der Waals surface area contributed by atoms with Gasteiger partial charge in [-0.2, -0.15) is 0 Å². The average Bonchev–Trinajstić information content (AvgIpc) is 2.74. The second kappa shape index (κ2) is 3.93. The molecule has 0 saturated carbocycles. The molecule has 2 aromatic carbocycles. The van der Waals surface area contributed by atoms with Crippen molar-refractivity contribution in [3.8, 4) is 10.6 Å². The lowest BCUT2D eigenvalue weighted by atomic mass is 10.2. The lowest BCUT2D eigenvalue weighted by Crippen LogP contribution is -1.80. The summed E-state index contributed by atoms with van der Waals surface area (Å²) in [4.78, 5) is 4.46. The first-order chi connectivity index (χ1) is 8.24. The molecule has 0 unspecified atom stereocenters. The number of fused-ring (bicyclic) bond motifs is 1. The first-order valence-electron chi connectivity index (χ1n) is 5.36. The van der Waals surface area contributed by atoms with Gasteiger partial charge in [0.15, 0.2) is 0 Å². The van der Waals surface area contributed by atoms with Gasteiger partial charge in [0.25, 0.3) is 0 Å². The SMILES string of the molecule is Cc1cc2sc(-c3ccccc3)nc2cc1F. The summed E-state index contributed by atoms with van der Waals surface area (Å²) >= 11 is 1.60. The number of aryl methyl sites for hydroxylation is 1. The number of hydrogen-bond acceptors (Lipinski definition) is 2. The van der Waals surface area contributed by atoms with E-state index in [9.17, 15) is 4.39 Å². The third-order valence-electron chi connectivity index (χ3n) is 2.69. The molecule has 0 radical (unpaired) electrons. The van der Waals surface area contributed by atoms with Gasteiger partial charge in [-0.3, -0.25) is 0 Å². The second-order valence-electron chi connectivity index (χ2n) is 3.95. The van der Waals surface area contributed by atoms with E-state index in [0.29, 0.717) is 5.56 Å². The summed E-state index contributed by atoms with van der Waals surface area (Å²) in [6.45, 7) is 1.77. The Bertz CT molecular complexity index is 634. The van der Waals surface area contributed by atoms with Gasteiger partial charge < -0.3 is 0 Å². The molecule has 0 bridgehead atoms. The van der Waals surface area contributed by atoms with Gasteiger partial charge in [-0.1, -0.05) is 30.3 Å². The standard InChI is InChI=1S/C14H10FNS/c1-9-7-13-12(8-11(9)15)16-14(17-13)10-5-3-2-4-6-10/h2-8H,1H3. The summed E-state index contributed by atoms with van der Waals surface area (Å²) in [6, 6.07) is 13.3. The molecule has 0 N–H and O–H groups in total. The third kappa shape index (κ3) is 1.83. The van der Waals surface area contributed by atoms with Crippen LogP contribution in [0.4, 0.5) is 4.39 Å². The molecule has 1 heterocycles. The van der Waals surface area contributed by atoms with Crippen molar-refractivity contribution in [2.24, 2.45) is 0 Å². The minimum Gasteiger partial charge on any atom is -0.236 e. The predicted octanol–water partition coefficient (Wildman–Crippen LogP) is 4.41. The zero-order valence-electron chi connectivity index (χ0n) is 9.27. The maximum atomic E-state index is 13.4. The summed E-state index contributed by atoms with van der Waals surface area (Å²) in [5.74, 6) is -0.192. The lowest BCUT2D eigenvalue weighted by Gasteiger charge is -1.93. The van der Waals surface area contributed by atoms with Crippen molar-refractivity contribution in [1.82, 2.24) is 4.98 Å². The molecule has 17 heavy (non-hydrogen) atoms. The smallest absolute Gasteiger partial charge is 0.128 e. The quantitative estimate of drug-likeness (QED) is 0.617. The van der Waals surface area contributed by atoms with E-state index in [1.165, 1.54) is 6.07 Å². The molecule has 0 aliphatic rings. The first kappa shape index (κ1) is 10.4. The number of thiazole rings is 1. The minimum absolute atomic E-state index is 0.192. The van der Waals surface area contributed by atoms with Crippen molar-refractivity contribution in [2.45, 2.75) is 6.92 Å². The van der Waals surface area contributed by atoms with Crippen molar-refractivity contribution >= 4 is 21.6 Å². The fraction of sp³-hybridized carbons (Fsp3) is 0.0714. The molecule has 0 aliphatic carbocycles. The Labute approximate surface area is 103 Å². The monoisotopic (exact) mass is 243 g/mol. The summed E-state index contributed by atoms with van der Waals surface area (Å²) in [5, 5.41) is 0.936. The molecule has 0 atom stereocenters. The topological polar surface area (TPSA) is 12.9 Å². The Balaban J connectivity index is 2.21. The number of benzene rings is 2. The lowest BCUT2D eigenvalue weighted by molar-refractivity contribution is 0.620. The summed E-state index contributed by atoms with van der Waals surface area (Å²) in [7, 11) is 0. The Hall–Kier alpha value is -1.74. The summed E-state index contributed by atoms with van der Waals surface area (Å²) in [6.07, 6.45) is 0. The van der Waals surface area contributed by atoms with Gasteiger partial charge in [0.1, 0.15) is 10.8 Å². The molecular formula is C14H10FNS. The van der Waals surface area contributed by atoms with Crippen molar-refractivity contribution < 1.29 is 4.39 Å². The Morgan fingerprint density at radius 3 is 2.65 bits per heavy atom. The van der Waals surface area contributed by atoms with Crippen LogP contribution in [0.5, 0.6) is 0 Å². The number of halogens is 1. The molecule has 0 amide bonds. The highest BCUT2D eigenvalue weighted by Crippen LogP contribution is 2.31. The van der Waals surface area contributed by atoms with E-state index in [0.717, 1.165) is 20.8 Å². The number of rotatable bonds is 1. The molecule has 0 spiro atoms. The molecule has 1 aromatic heterocycles. The van der Waals surface area contributed by atoms with Crippen molar-refractivity contribution in [1.29, 1.82) is 0 Å². The van der Waals surface area contributed by atoms with Crippen LogP contribution >= 0.6 is 11.3 Å². The van der Waals surface area contributed by atoms with Crippen LogP contribution in [0.2, 0.25) is 0 Å². The van der Waals surface area contributed by atoms with Crippen molar-refractivity contribution in [3.05, 3.63) is 53.8 Å². The zero-order valence-corrected chi connectivity index (χ0v) is 10.1. The molecule has 3 aromatic rings. The fourth-order valence-electron chi connectivity index (χ4n) is 1.75. The van der Waals surface area contributed by atoms with Crippen LogP contribution in [-0.4, -0.2) is 4.98 Å². The molecule has 0 fully saturated rings. The van der Waals surface area contributed by atoms with Gasteiger partial charge in [-0.25, -0.2) is 9.37 Å². The van der Waals surface area contributed by atoms with Gasteiger partial charge in [0.05, 0.1) is 10.2 Å². The van der Waals surface area contributed by atoms with Crippen LogP contribution in [0.1, 0.15) is 5.56 Å². The Morgan fingerprint density at radius 1 is 1.12 bits per heavy atom. The van der Waals surface area contributed by atoms with Crippen LogP contribution in [0.15, 0.2) is 42.5 Å². The molecule has 1 nitrogen and oxygen atoms in total. The fourth-order valence-corrected chi connectivity index (χ4v) is 2.81. The Kier molecular flexibility index (Phi) is 2.41. The molecule has 3 heteroatoms. The van der Waals surface area contributed by atoms with Crippen LogP contribution in [0, 0.1) is 12.7 Å². The second-order valence-corrected chi connectivity index (χ2v) is 4.98. The van der Waals surface area contributed by atoms with Gasteiger partial charge in [-0.15, -0.1) is 11.3 Å². The molecular weight excluding hydrogens is 233 g/mol. The number of nitrogens with zero attached hydrogens (tertiary/aromatic N) is 1. The maximum absolute atomic E-state index is 13.4. The summed E-state index contributed by atoms with van der Waals surface area (Å²) < 4.78 is 14.5. The predicted molar refractivity (Wildman–Crippen MR) is 69.8 cm³/mol. The van der Waals surface area contributed by atoms with Gasteiger partial charge in [0.2, 0.25) is 0 Å². The van der Waals surface area contributed by atoms with Gasteiger partial charge >= 0.3 is 0 Å². The van der Waals surface area contributed by atoms with E-state index in [1.54, 1.807) is 18.3 Å². The van der Waals surface area contributed by atoms with E-state index < -0.39 is 0 Å². The molecule has 0 aliphatic heterocycles. The molecule has 3 rings (SSSR count). The zero-order chi connectivity index (χ0) is 11.8. The van der Waals surface area contributed by atoms with Crippen LogP contribution in [-0.2, 0) is 0 Å². The number of aromatic nitrogens is 1. The van der Waals surface area contributed by atoms with E-state index in [-0.39, 0.29) is 5.82 Å². The number of hydrogen-bond donors (Lipinski definition) is 0. The highest BCUT2D eigenvalue weighted by Gasteiger charge is 2.08. The van der Waals surface area contributed by atoms with Gasteiger partial charge in [-0.05, 0) is 18.6 Å². The molecule has 0 saturated heterocycles. The van der Waals surface area contributed by atoms with Crippen LogP contribution in [0.3, 0.4) is 0 Å². The highest BCUT2D eigenvalue weighted by molar-refractivity contribution is 7.21. The van der Waals surface area contributed by atoms with Crippen LogP contribution < -0.4 is 0 Å². The third-order valence-corrected chi connectivity index (χ3v) is 3.76. The van der Waals surface area contributed by atoms with E-state index in [4.69, 9.17) is 0 Å². The highest BCUT2D eigenvalue weighted by atomic mass is 32.1. The van der Waals surface area contributed by atoms with Crippen LogP contribution in [0.25, 0.3) is 20.8 Å².